The topological polar surface area (TPSA) is 71.4 Å². The molecule has 0 saturated carbocycles. The highest BCUT2D eigenvalue weighted by molar-refractivity contribution is 7.25. The van der Waals surface area contributed by atoms with Gasteiger partial charge < -0.3 is 14.7 Å². The molecule has 1 fully saturated rings. The largest absolute Gasteiger partial charge is 0.508 e. The second-order valence-electron chi connectivity index (χ2n) is 6.16. The smallest absolute Gasteiger partial charge is 0.162 e. The summed E-state index contributed by atoms with van der Waals surface area (Å²) in [5.41, 5.74) is 1.71. The number of ether oxygens (including phenoxy) is 1. The molecule has 0 aliphatic carbocycles. The third-order valence-electron chi connectivity index (χ3n) is 4.49. The Hall–Kier alpha value is -2.77. The van der Waals surface area contributed by atoms with E-state index in [-0.39, 0.29) is 5.75 Å². The molecule has 0 spiro atoms. The number of nitrogens with zero attached hydrogens (tertiary/aromatic N) is 4. The fourth-order valence-electron chi connectivity index (χ4n) is 3.23. The van der Waals surface area contributed by atoms with Gasteiger partial charge in [0.25, 0.3) is 0 Å². The second-order valence-corrected chi connectivity index (χ2v) is 7.16. The highest BCUT2D eigenvalue weighted by Gasteiger charge is 2.21. The maximum absolute atomic E-state index is 9.85. The lowest BCUT2D eigenvalue weighted by Crippen LogP contribution is -2.36. The molecule has 1 saturated heterocycles. The Morgan fingerprint density at radius 3 is 2.81 bits per heavy atom. The van der Waals surface area contributed by atoms with Crippen LogP contribution in [-0.4, -0.2) is 46.4 Å². The van der Waals surface area contributed by atoms with Gasteiger partial charge >= 0.3 is 0 Å². The molecule has 1 aromatic carbocycles. The first kappa shape index (κ1) is 15.5. The van der Waals surface area contributed by atoms with Crippen LogP contribution in [0.1, 0.15) is 0 Å². The first-order valence-corrected chi connectivity index (χ1v) is 9.28. The van der Waals surface area contributed by atoms with Crippen molar-refractivity contribution in [3.8, 4) is 17.1 Å². The Morgan fingerprint density at radius 2 is 1.96 bits per heavy atom. The fraction of sp³-hybridized carbons (Fsp3) is 0.211. The van der Waals surface area contributed by atoms with Crippen LogP contribution < -0.4 is 4.90 Å². The van der Waals surface area contributed by atoms with Gasteiger partial charge in [0.1, 0.15) is 10.6 Å². The van der Waals surface area contributed by atoms with E-state index in [4.69, 9.17) is 14.7 Å². The summed E-state index contributed by atoms with van der Waals surface area (Å²) < 4.78 is 6.54. The van der Waals surface area contributed by atoms with Crippen LogP contribution in [0, 0.1) is 0 Å². The summed E-state index contributed by atoms with van der Waals surface area (Å²) in [6.45, 7) is 2.98. The summed E-state index contributed by atoms with van der Waals surface area (Å²) >= 11 is 1.62. The number of pyridine rings is 1. The van der Waals surface area contributed by atoms with Gasteiger partial charge in [0.2, 0.25) is 0 Å². The van der Waals surface area contributed by atoms with Gasteiger partial charge in [-0.1, -0.05) is 12.1 Å². The number of anilines is 1. The molecule has 1 aliphatic rings. The van der Waals surface area contributed by atoms with E-state index in [1.807, 2.05) is 18.2 Å². The van der Waals surface area contributed by atoms with Crippen LogP contribution in [0.4, 0.5) is 5.82 Å². The highest BCUT2D eigenvalue weighted by Crippen LogP contribution is 2.38. The molecule has 0 unspecified atom stereocenters. The third-order valence-corrected chi connectivity index (χ3v) is 5.59. The molecule has 4 heterocycles. The lowest BCUT2D eigenvalue weighted by molar-refractivity contribution is 0.122. The van der Waals surface area contributed by atoms with Crippen molar-refractivity contribution in [2.75, 3.05) is 31.2 Å². The zero-order valence-corrected chi connectivity index (χ0v) is 14.7. The first-order valence-electron chi connectivity index (χ1n) is 8.47. The predicted molar refractivity (Wildman–Crippen MR) is 103 cm³/mol. The summed E-state index contributed by atoms with van der Waals surface area (Å²) in [4.78, 5) is 17.4. The van der Waals surface area contributed by atoms with Gasteiger partial charge in [-0.2, -0.15) is 0 Å². The van der Waals surface area contributed by atoms with E-state index in [0.29, 0.717) is 19.0 Å². The van der Waals surface area contributed by atoms with Crippen molar-refractivity contribution in [2.45, 2.75) is 0 Å². The van der Waals surface area contributed by atoms with Crippen LogP contribution in [0.15, 0.2) is 42.6 Å². The van der Waals surface area contributed by atoms with Gasteiger partial charge in [0, 0.05) is 30.2 Å². The number of phenolic OH excluding ortho intramolecular Hbond substituents is 1. The molecule has 130 valence electrons. The minimum atomic E-state index is 0.205. The van der Waals surface area contributed by atoms with E-state index in [1.54, 1.807) is 35.7 Å². The van der Waals surface area contributed by atoms with Crippen LogP contribution in [0.2, 0.25) is 0 Å². The summed E-state index contributed by atoms with van der Waals surface area (Å²) in [5.74, 6) is 1.73. The van der Waals surface area contributed by atoms with Crippen molar-refractivity contribution >= 4 is 37.6 Å². The van der Waals surface area contributed by atoms with Crippen LogP contribution in [0.25, 0.3) is 31.8 Å². The normalized spacial score (nSPS) is 15.0. The quantitative estimate of drug-likeness (QED) is 0.587. The van der Waals surface area contributed by atoms with Crippen molar-refractivity contribution < 1.29 is 9.84 Å². The maximum atomic E-state index is 9.85. The number of fused-ring (bicyclic) bond motifs is 3. The van der Waals surface area contributed by atoms with Crippen LogP contribution in [-0.2, 0) is 4.74 Å². The van der Waals surface area contributed by atoms with Gasteiger partial charge in [-0.15, -0.1) is 11.3 Å². The number of hydrogen-bond acceptors (Lipinski definition) is 7. The maximum Gasteiger partial charge on any atom is 0.162 e. The molecule has 0 radical (unpaired) electrons. The average molecular weight is 364 g/mol. The molecule has 26 heavy (non-hydrogen) atoms. The highest BCUT2D eigenvalue weighted by atomic mass is 32.1. The number of benzene rings is 1. The molecule has 7 heteroatoms. The van der Waals surface area contributed by atoms with Crippen LogP contribution >= 0.6 is 11.3 Å². The molecule has 0 amide bonds. The van der Waals surface area contributed by atoms with E-state index in [1.165, 1.54) is 0 Å². The number of thiophene rings is 1. The van der Waals surface area contributed by atoms with Crippen molar-refractivity contribution in [3.05, 3.63) is 42.6 Å². The third kappa shape index (κ3) is 2.56. The molecule has 6 nitrogen and oxygen atoms in total. The molecular formula is C19H16N4O2S. The van der Waals surface area contributed by atoms with Gasteiger partial charge in [-0.05, 0) is 24.3 Å². The summed E-state index contributed by atoms with van der Waals surface area (Å²) in [5, 5.41) is 10.9. The van der Waals surface area contributed by atoms with Gasteiger partial charge in [-0.25, -0.2) is 15.0 Å². The first-order chi connectivity index (χ1) is 12.8. The van der Waals surface area contributed by atoms with E-state index in [2.05, 4.69) is 9.88 Å². The van der Waals surface area contributed by atoms with Crippen molar-refractivity contribution in [1.29, 1.82) is 0 Å². The average Bonchev–Trinajstić information content (AvgIpc) is 3.06. The Labute approximate surface area is 153 Å². The summed E-state index contributed by atoms with van der Waals surface area (Å²) in [7, 11) is 0. The van der Waals surface area contributed by atoms with E-state index in [0.717, 1.165) is 44.9 Å². The Kier molecular flexibility index (Phi) is 3.69. The lowest BCUT2D eigenvalue weighted by Gasteiger charge is -2.28. The van der Waals surface area contributed by atoms with Gasteiger partial charge in [0.15, 0.2) is 11.6 Å². The van der Waals surface area contributed by atoms with Crippen molar-refractivity contribution in [1.82, 2.24) is 15.0 Å². The fourth-order valence-corrected chi connectivity index (χ4v) is 4.33. The number of morpholine rings is 1. The molecule has 5 rings (SSSR count). The SMILES string of the molecule is Oc1cccc(-c2nc(N3CCOCC3)c3sc4ncccc4c3n2)c1. The van der Waals surface area contributed by atoms with Crippen molar-refractivity contribution in [3.63, 3.8) is 0 Å². The summed E-state index contributed by atoms with van der Waals surface area (Å²) in [6, 6.07) is 11.0. The van der Waals surface area contributed by atoms with Gasteiger partial charge in [-0.3, -0.25) is 0 Å². The molecule has 0 atom stereocenters. The van der Waals surface area contributed by atoms with Crippen LogP contribution in [0.3, 0.4) is 0 Å². The molecule has 1 aliphatic heterocycles. The summed E-state index contributed by atoms with van der Waals surface area (Å²) in [6.07, 6.45) is 1.80. The molecule has 4 aromatic rings. The molecular weight excluding hydrogens is 348 g/mol. The van der Waals surface area contributed by atoms with Gasteiger partial charge in [0.05, 0.1) is 23.4 Å². The Balaban J connectivity index is 1.79. The number of phenols is 1. The molecule has 0 bridgehead atoms. The van der Waals surface area contributed by atoms with E-state index >= 15 is 0 Å². The lowest BCUT2D eigenvalue weighted by atomic mass is 10.2. The van der Waals surface area contributed by atoms with Crippen molar-refractivity contribution in [2.24, 2.45) is 0 Å². The standard InChI is InChI=1S/C19H16N4O2S/c24-13-4-1-3-12(11-13)17-21-15-14-5-2-6-20-19(14)26-16(15)18(22-17)23-7-9-25-10-8-23/h1-6,11,24H,7-10H2. The second kappa shape index (κ2) is 6.19. The predicted octanol–water partition coefficient (Wildman–Crippen LogP) is 3.45. The number of aromatic hydroxyl groups is 1. The van der Waals surface area contributed by atoms with E-state index in [9.17, 15) is 5.11 Å². The monoisotopic (exact) mass is 364 g/mol. The minimum absolute atomic E-state index is 0.205. The number of rotatable bonds is 2. The minimum Gasteiger partial charge on any atom is -0.508 e. The van der Waals surface area contributed by atoms with E-state index < -0.39 is 0 Å². The molecule has 1 N–H and O–H groups in total. The number of hydrogen-bond donors (Lipinski definition) is 1. The Bertz CT molecular complexity index is 1110. The zero-order valence-electron chi connectivity index (χ0n) is 13.9. The molecule has 3 aromatic heterocycles. The zero-order chi connectivity index (χ0) is 17.5. The van der Waals surface area contributed by atoms with Crippen LogP contribution in [0.5, 0.6) is 5.75 Å². The number of aromatic nitrogens is 3. The Morgan fingerprint density at radius 1 is 1.08 bits per heavy atom.